The molecule has 2 aliphatic rings. The average Bonchev–Trinajstić information content (AvgIpc) is 2.84. The van der Waals surface area contributed by atoms with Gasteiger partial charge in [-0.15, -0.1) is 0 Å². The first-order valence-electron chi connectivity index (χ1n) is 5.83. The van der Waals surface area contributed by atoms with Crippen LogP contribution >= 0.6 is 0 Å². The third-order valence-corrected chi connectivity index (χ3v) is 3.55. The number of hydrogen-bond donors (Lipinski definition) is 1. The molecule has 1 aliphatic carbocycles. The first kappa shape index (κ1) is 11.2. The van der Waals surface area contributed by atoms with Crippen molar-refractivity contribution in [1.29, 1.82) is 0 Å². The lowest BCUT2D eigenvalue weighted by molar-refractivity contribution is -0.146. The minimum absolute atomic E-state index is 0.0418. The summed E-state index contributed by atoms with van der Waals surface area (Å²) in [5, 5.41) is 9.03. The Morgan fingerprint density at radius 3 is 2.62 bits per heavy atom. The summed E-state index contributed by atoms with van der Waals surface area (Å²) in [7, 11) is 0. The molecular formula is C12H17NO3. The van der Waals surface area contributed by atoms with Crippen LogP contribution in [0.5, 0.6) is 0 Å². The first-order valence-corrected chi connectivity index (χ1v) is 5.83. The Balaban J connectivity index is 2.15. The van der Waals surface area contributed by atoms with E-state index in [-0.39, 0.29) is 5.91 Å². The molecule has 2 rings (SSSR count). The van der Waals surface area contributed by atoms with Gasteiger partial charge in [0.1, 0.15) is 6.04 Å². The van der Waals surface area contributed by atoms with E-state index < -0.39 is 12.0 Å². The highest BCUT2D eigenvalue weighted by molar-refractivity contribution is 5.97. The van der Waals surface area contributed by atoms with Crippen LogP contribution in [0.15, 0.2) is 11.1 Å². The number of carbonyl (C=O) groups is 2. The van der Waals surface area contributed by atoms with Gasteiger partial charge in [0.15, 0.2) is 0 Å². The third-order valence-electron chi connectivity index (χ3n) is 3.55. The van der Waals surface area contributed by atoms with Gasteiger partial charge in [0, 0.05) is 12.1 Å². The molecule has 0 aromatic heterocycles. The van der Waals surface area contributed by atoms with Crippen LogP contribution in [-0.2, 0) is 9.59 Å². The Morgan fingerprint density at radius 2 is 2.06 bits per heavy atom. The number of nitrogens with zero attached hydrogens (tertiary/aromatic N) is 1. The van der Waals surface area contributed by atoms with E-state index in [0.29, 0.717) is 13.0 Å². The van der Waals surface area contributed by atoms with Crippen molar-refractivity contribution in [2.45, 2.75) is 45.1 Å². The van der Waals surface area contributed by atoms with Gasteiger partial charge in [-0.1, -0.05) is 5.57 Å². The lowest BCUT2D eigenvalue weighted by atomic mass is 10.1. The molecule has 1 atom stereocenters. The van der Waals surface area contributed by atoms with E-state index in [9.17, 15) is 9.59 Å². The topological polar surface area (TPSA) is 57.6 Å². The molecule has 1 N–H and O–H groups in total. The molecule has 1 heterocycles. The highest BCUT2D eigenvalue weighted by Crippen LogP contribution is 2.29. The molecule has 4 nitrogen and oxygen atoms in total. The fourth-order valence-corrected chi connectivity index (χ4v) is 2.62. The summed E-state index contributed by atoms with van der Waals surface area (Å²) in [5.74, 6) is -0.915. The molecule has 0 bridgehead atoms. The number of carbonyl (C=O) groups excluding carboxylic acids is 1. The van der Waals surface area contributed by atoms with E-state index in [1.165, 1.54) is 4.90 Å². The maximum atomic E-state index is 12.2. The van der Waals surface area contributed by atoms with Crippen LogP contribution in [0, 0.1) is 0 Å². The number of hydrogen-bond acceptors (Lipinski definition) is 2. The maximum absolute atomic E-state index is 12.2. The van der Waals surface area contributed by atoms with Gasteiger partial charge in [0.05, 0.1) is 0 Å². The molecule has 1 amide bonds. The van der Waals surface area contributed by atoms with Gasteiger partial charge >= 0.3 is 5.97 Å². The molecule has 0 aromatic carbocycles. The predicted octanol–water partition coefficient (Wildman–Crippen LogP) is 1.56. The second-order valence-corrected chi connectivity index (χ2v) is 4.61. The lowest BCUT2D eigenvalue weighted by Crippen LogP contribution is -2.41. The van der Waals surface area contributed by atoms with Gasteiger partial charge in [-0.3, -0.25) is 4.79 Å². The number of aliphatic carboxylic acids is 1. The van der Waals surface area contributed by atoms with Gasteiger partial charge in [-0.25, -0.2) is 4.79 Å². The summed E-state index contributed by atoms with van der Waals surface area (Å²) in [6.07, 6.45) is 4.21. The monoisotopic (exact) mass is 223 g/mol. The van der Waals surface area contributed by atoms with Crippen molar-refractivity contribution in [1.82, 2.24) is 4.90 Å². The van der Waals surface area contributed by atoms with E-state index >= 15 is 0 Å². The van der Waals surface area contributed by atoms with Crippen molar-refractivity contribution in [3.63, 3.8) is 0 Å². The SMILES string of the molecule is CC1=C(C(=O)N2CCC[C@@H]2C(=O)O)CCC1. The number of allylic oxidation sites excluding steroid dienone is 1. The third kappa shape index (κ3) is 1.84. The Bertz CT molecular complexity index is 359. The minimum atomic E-state index is -0.873. The summed E-state index contributed by atoms with van der Waals surface area (Å²) in [6.45, 7) is 2.57. The van der Waals surface area contributed by atoms with Crippen LogP contribution in [0.1, 0.15) is 39.0 Å². The fraction of sp³-hybridized carbons (Fsp3) is 0.667. The highest BCUT2D eigenvalue weighted by atomic mass is 16.4. The Labute approximate surface area is 94.9 Å². The van der Waals surface area contributed by atoms with Gasteiger partial charge in [0.2, 0.25) is 5.91 Å². The van der Waals surface area contributed by atoms with E-state index in [0.717, 1.165) is 36.8 Å². The second-order valence-electron chi connectivity index (χ2n) is 4.61. The highest BCUT2D eigenvalue weighted by Gasteiger charge is 2.36. The fourth-order valence-electron chi connectivity index (χ4n) is 2.62. The summed E-state index contributed by atoms with van der Waals surface area (Å²) in [5.41, 5.74) is 1.99. The Kier molecular flexibility index (Phi) is 2.99. The molecule has 1 aliphatic heterocycles. The summed E-state index contributed by atoms with van der Waals surface area (Å²) >= 11 is 0. The molecular weight excluding hydrogens is 206 g/mol. The average molecular weight is 223 g/mol. The zero-order valence-corrected chi connectivity index (χ0v) is 9.53. The van der Waals surface area contributed by atoms with Gasteiger partial charge in [-0.05, 0) is 39.0 Å². The molecule has 0 aromatic rings. The molecule has 4 heteroatoms. The normalized spacial score (nSPS) is 25.3. The summed E-state index contributed by atoms with van der Waals surface area (Å²) < 4.78 is 0. The molecule has 0 unspecified atom stereocenters. The molecule has 0 spiro atoms. The van der Waals surface area contributed by atoms with Crippen molar-refractivity contribution >= 4 is 11.9 Å². The van der Waals surface area contributed by atoms with Crippen molar-refractivity contribution in [3.05, 3.63) is 11.1 Å². The molecule has 1 fully saturated rings. The van der Waals surface area contributed by atoms with Gasteiger partial charge < -0.3 is 10.0 Å². The lowest BCUT2D eigenvalue weighted by Gasteiger charge is -2.22. The van der Waals surface area contributed by atoms with Crippen LogP contribution in [0.4, 0.5) is 0 Å². The van der Waals surface area contributed by atoms with Crippen LogP contribution < -0.4 is 0 Å². The Morgan fingerprint density at radius 1 is 1.31 bits per heavy atom. The molecule has 1 saturated heterocycles. The zero-order valence-electron chi connectivity index (χ0n) is 9.53. The number of amides is 1. The van der Waals surface area contributed by atoms with Crippen LogP contribution in [-0.4, -0.2) is 34.5 Å². The number of likely N-dealkylation sites (tertiary alicyclic amines) is 1. The standard InChI is InChI=1S/C12H17NO3/c1-8-4-2-5-9(8)11(14)13-7-3-6-10(13)12(15)16/h10H,2-7H2,1H3,(H,15,16)/t10-/m1/s1. The zero-order chi connectivity index (χ0) is 11.7. The smallest absolute Gasteiger partial charge is 0.326 e. The van der Waals surface area contributed by atoms with E-state index in [2.05, 4.69) is 0 Å². The van der Waals surface area contributed by atoms with Crippen LogP contribution in [0.3, 0.4) is 0 Å². The van der Waals surface area contributed by atoms with Gasteiger partial charge in [-0.2, -0.15) is 0 Å². The number of carboxylic acid groups (broad SMARTS) is 1. The van der Waals surface area contributed by atoms with E-state index in [1.807, 2.05) is 6.92 Å². The second kappa shape index (κ2) is 4.28. The molecule has 88 valence electrons. The molecule has 0 radical (unpaired) electrons. The maximum Gasteiger partial charge on any atom is 0.326 e. The quantitative estimate of drug-likeness (QED) is 0.773. The minimum Gasteiger partial charge on any atom is -0.480 e. The van der Waals surface area contributed by atoms with Crippen LogP contribution in [0.2, 0.25) is 0 Å². The van der Waals surface area contributed by atoms with E-state index in [1.54, 1.807) is 0 Å². The summed E-state index contributed by atoms with van der Waals surface area (Å²) in [6, 6.07) is -0.603. The van der Waals surface area contributed by atoms with Crippen molar-refractivity contribution < 1.29 is 14.7 Å². The summed E-state index contributed by atoms with van der Waals surface area (Å²) in [4.78, 5) is 24.7. The predicted molar refractivity (Wildman–Crippen MR) is 58.9 cm³/mol. The van der Waals surface area contributed by atoms with Crippen LogP contribution in [0.25, 0.3) is 0 Å². The van der Waals surface area contributed by atoms with E-state index in [4.69, 9.17) is 5.11 Å². The largest absolute Gasteiger partial charge is 0.480 e. The molecule has 16 heavy (non-hydrogen) atoms. The Hall–Kier alpha value is -1.32. The molecule has 0 saturated carbocycles. The van der Waals surface area contributed by atoms with Crippen molar-refractivity contribution in [2.24, 2.45) is 0 Å². The van der Waals surface area contributed by atoms with Crippen molar-refractivity contribution in [3.8, 4) is 0 Å². The first-order chi connectivity index (χ1) is 7.61. The van der Waals surface area contributed by atoms with Crippen molar-refractivity contribution in [2.75, 3.05) is 6.54 Å². The number of rotatable bonds is 2. The van der Waals surface area contributed by atoms with Gasteiger partial charge in [0.25, 0.3) is 0 Å². The number of carboxylic acids is 1.